The summed E-state index contributed by atoms with van der Waals surface area (Å²) in [5, 5.41) is 5.42. The van der Waals surface area contributed by atoms with E-state index in [4.69, 9.17) is 0 Å². The van der Waals surface area contributed by atoms with Crippen molar-refractivity contribution in [1.82, 2.24) is 0 Å². The van der Waals surface area contributed by atoms with Gasteiger partial charge in [-0.2, -0.15) is 13.2 Å². The summed E-state index contributed by atoms with van der Waals surface area (Å²) in [5.41, 5.74) is 3.30. The molecule has 2 rings (SSSR count). The molecule has 0 radical (unpaired) electrons. The highest BCUT2D eigenvalue weighted by Gasteiger charge is 2.30. The number of alkyl halides is 3. The fraction of sp³-hybridized carbons (Fsp3) is 0.333. The van der Waals surface area contributed by atoms with Crippen molar-refractivity contribution in [2.45, 2.75) is 26.9 Å². The lowest BCUT2D eigenvalue weighted by Crippen LogP contribution is -3.11. The summed E-state index contributed by atoms with van der Waals surface area (Å²) in [5.74, 6) is -0.613. The number of anilines is 2. The minimum atomic E-state index is -4.42. The maximum Gasteiger partial charge on any atom is 0.416 e. The van der Waals surface area contributed by atoms with Gasteiger partial charge < -0.3 is 15.5 Å². The Morgan fingerprint density at radius 1 is 0.897 bits per heavy atom. The molecule has 0 heterocycles. The van der Waals surface area contributed by atoms with Crippen LogP contribution < -0.4 is 15.5 Å². The summed E-state index contributed by atoms with van der Waals surface area (Å²) in [7, 11) is 1.70. The third-order valence-corrected chi connectivity index (χ3v) is 4.36. The van der Waals surface area contributed by atoms with Crippen molar-refractivity contribution in [3.63, 3.8) is 0 Å². The fourth-order valence-electron chi connectivity index (χ4n) is 3.12. The number of halogens is 3. The van der Waals surface area contributed by atoms with Gasteiger partial charge in [-0.1, -0.05) is 17.7 Å². The van der Waals surface area contributed by atoms with E-state index >= 15 is 0 Å². The molecule has 0 saturated heterocycles. The molecule has 2 aromatic rings. The zero-order valence-electron chi connectivity index (χ0n) is 16.8. The second-order valence-electron chi connectivity index (χ2n) is 7.26. The molecule has 2 amide bonds. The van der Waals surface area contributed by atoms with E-state index in [9.17, 15) is 22.8 Å². The molecule has 8 heteroatoms. The van der Waals surface area contributed by atoms with E-state index in [2.05, 4.69) is 10.6 Å². The molecule has 0 aliphatic heterocycles. The minimum absolute atomic E-state index is 0.000302. The lowest BCUT2D eigenvalue weighted by Gasteiger charge is -2.16. The zero-order valence-corrected chi connectivity index (χ0v) is 16.8. The number of hydrogen-bond donors (Lipinski definition) is 3. The number of hydrogen-bond acceptors (Lipinski definition) is 2. The lowest BCUT2D eigenvalue weighted by molar-refractivity contribution is -0.862. The smallest absolute Gasteiger partial charge is 0.322 e. The van der Waals surface area contributed by atoms with Gasteiger partial charge in [0.05, 0.1) is 12.6 Å². The van der Waals surface area contributed by atoms with E-state index in [1.807, 2.05) is 32.9 Å². The Balaban J connectivity index is 1.87. The standard InChI is InChI=1S/C21H24F3N3O2/c1-13-9-14(2)20(15(3)10-13)26-19(29)12-27(4)11-18(28)25-17-7-5-16(6-8-17)21(22,23)24/h5-10H,11-12H2,1-4H3,(H,25,28)(H,26,29)/p+1. The van der Waals surface area contributed by atoms with Gasteiger partial charge in [-0.25, -0.2) is 0 Å². The number of likely N-dealkylation sites (N-methyl/N-ethyl adjacent to an activating group) is 1. The molecule has 0 bridgehead atoms. The molecule has 0 aliphatic carbocycles. The molecule has 0 fully saturated rings. The van der Waals surface area contributed by atoms with Crippen LogP contribution in [-0.2, 0) is 15.8 Å². The number of carbonyl (C=O) groups is 2. The second kappa shape index (κ2) is 9.09. The Bertz CT molecular complexity index is 870. The minimum Gasteiger partial charge on any atom is -0.322 e. The number of carbonyl (C=O) groups excluding carboxylic acids is 2. The SMILES string of the molecule is Cc1cc(C)c(NC(=O)C[NH+](C)CC(=O)Nc2ccc(C(F)(F)F)cc2)c(C)c1. The summed E-state index contributed by atoms with van der Waals surface area (Å²) >= 11 is 0. The maximum atomic E-state index is 12.6. The number of amides is 2. The van der Waals surface area contributed by atoms with Crippen LogP contribution in [0.5, 0.6) is 0 Å². The van der Waals surface area contributed by atoms with Gasteiger partial charge in [0.2, 0.25) is 0 Å². The predicted molar refractivity (Wildman–Crippen MR) is 106 cm³/mol. The van der Waals surface area contributed by atoms with Gasteiger partial charge in [0.1, 0.15) is 0 Å². The van der Waals surface area contributed by atoms with Crippen molar-refractivity contribution in [1.29, 1.82) is 0 Å². The topological polar surface area (TPSA) is 62.6 Å². The Morgan fingerprint density at radius 3 is 1.86 bits per heavy atom. The first-order chi connectivity index (χ1) is 13.5. The Morgan fingerprint density at radius 2 is 1.38 bits per heavy atom. The third-order valence-electron chi connectivity index (χ3n) is 4.36. The summed E-state index contributed by atoms with van der Waals surface area (Å²) in [6.07, 6.45) is -4.42. The third kappa shape index (κ3) is 6.60. The summed E-state index contributed by atoms with van der Waals surface area (Å²) in [4.78, 5) is 25.1. The first-order valence-electron chi connectivity index (χ1n) is 9.12. The average Bonchev–Trinajstić information content (AvgIpc) is 2.57. The van der Waals surface area contributed by atoms with Crippen molar-refractivity contribution < 1.29 is 27.7 Å². The molecule has 0 aromatic heterocycles. The van der Waals surface area contributed by atoms with Crippen LogP contribution in [0.3, 0.4) is 0 Å². The van der Waals surface area contributed by atoms with E-state index in [-0.39, 0.29) is 24.7 Å². The average molecular weight is 408 g/mol. The quantitative estimate of drug-likeness (QED) is 0.688. The molecule has 0 aliphatic rings. The highest BCUT2D eigenvalue weighted by atomic mass is 19.4. The van der Waals surface area contributed by atoms with Gasteiger partial charge in [-0.05, 0) is 56.2 Å². The molecule has 3 N–H and O–H groups in total. The van der Waals surface area contributed by atoms with Crippen molar-refractivity contribution in [3.8, 4) is 0 Å². The van der Waals surface area contributed by atoms with E-state index in [0.717, 1.165) is 34.5 Å². The van der Waals surface area contributed by atoms with E-state index in [1.165, 1.54) is 12.1 Å². The van der Waals surface area contributed by atoms with Crippen LogP contribution in [0.4, 0.5) is 24.5 Å². The molecular formula is C21H25F3N3O2+. The fourth-order valence-corrected chi connectivity index (χ4v) is 3.12. The number of benzene rings is 2. The van der Waals surface area contributed by atoms with E-state index < -0.39 is 17.6 Å². The van der Waals surface area contributed by atoms with Crippen LogP contribution >= 0.6 is 0 Å². The number of nitrogens with one attached hydrogen (secondary N) is 3. The highest BCUT2D eigenvalue weighted by Crippen LogP contribution is 2.29. The van der Waals surface area contributed by atoms with E-state index in [0.29, 0.717) is 4.90 Å². The summed E-state index contributed by atoms with van der Waals surface area (Å²) < 4.78 is 37.7. The first kappa shape index (κ1) is 22.4. The van der Waals surface area contributed by atoms with Gasteiger partial charge >= 0.3 is 6.18 Å². The first-order valence-corrected chi connectivity index (χ1v) is 9.12. The summed E-state index contributed by atoms with van der Waals surface area (Å²) in [6, 6.07) is 8.18. The van der Waals surface area contributed by atoms with Crippen molar-refractivity contribution in [3.05, 3.63) is 58.7 Å². The van der Waals surface area contributed by atoms with Gasteiger partial charge in [0.15, 0.2) is 13.1 Å². The molecule has 5 nitrogen and oxygen atoms in total. The van der Waals surface area contributed by atoms with Gasteiger partial charge in [0, 0.05) is 11.4 Å². The molecule has 1 unspecified atom stereocenters. The van der Waals surface area contributed by atoms with Crippen LogP contribution in [-0.4, -0.2) is 32.0 Å². The van der Waals surface area contributed by atoms with E-state index in [1.54, 1.807) is 7.05 Å². The van der Waals surface area contributed by atoms with Crippen molar-refractivity contribution >= 4 is 23.2 Å². The zero-order chi connectivity index (χ0) is 21.8. The van der Waals surface area contributed by atoms with Gasteiger partial charge in [-0.3, -0.25) is 9.59 Å². The second-order valence-corrected chi connectivity index (χ2v) is 7.26. The molecular weight excluding hydrogens is 383 g/mol. The Labute approximate surface area is 167 Å². The number of aryl methyl sites for hydroxylation is 3. The van der Waals surface area contributed by atoms with Crippen LogP contribution in [0, 0.1) is 20.8 Å². The number of rotatable bonds is 6. The van der Waals surface area contributed by atoms with Crippen molar-refractivity contribution in [2.75, 3.05) is 30.8 Å². The van der Waals surface area contributed by atoms with Crippen LogP contribution in [0.15, 0.2) is 36.4 Å². The highest BCUT2D eigenvalue weighted by molar-refractivity contribution is 5.94. The molecule has 29 heavy (non-hydrogen) atoms. The molecule has 1 atom stereocenters. The molecule has 0 saturated carbocycles. The predicted octanol–water partition coefficient (Wildman–Crippen LogP) is 2.72. The lowest BCUT2D eigenvalue weighted by atomic mass is 10.1. The van der Waals surface area contributed by atoms with Crippen molar-refractivity contribution in [2.24, 2.45) is 0 Å². The van der Waals surface area contributed by atoms with Crippen LogP contribution in [0.25, 0.3) is 0 Å². The van der Waals surface area contributed by atoms with Crippen LogP contribution in [0.2, 0.25) is 0 Å². The largest absolute Gasteiger partial charge is 0.416 e. The van der Waals surface area contributed by atoms with Gasteiger partial charge in [-0.15, -0.1) is 0 Å². The maximum absolute atomic E-state index is 12.6. The number of quaternary nitrogens is 1. The molecule has 156 valence electrons. The molecule has 2 aromatic carbocycles. The monoisotopic (exact) mass is 408 g/mol. The Kier molecular flexibility index (Phi) is 7.02. The Hall–Kier alpha value is -2.87. The van der Waals surface area contributed by atoms with Gasteiger partial charge in [0.25, 0.3) is 11.8 Å². The van der Waals surface area contributed by atoms with Crippen LogP contribution in [0.1, 0.15) is 22.3 Å². The summed E-state index contributed by atoms with van der Waals surface area (Å²) in [6.45, 7) is 5.90. The molecule has 0 spiro atoms. The normalized spacial score (nSPS) is 12.4.